The summed E-state index contributed by atoms with van der Waals surface area (Å²) in [6.07, 6.45) is -0.432. The van der Waals surface area contributed by atoms with Crippen LogP contribution in [0.15, 0.2) is 24.4 Å². The maximum absolute atomic E-state index is 10.9. The molecule has 11 heavy (non-hydrogen) atoms. The highest BCUT2D eigenvalue weighted by molar-refractivity contribution is 5.70. The SMILES string of the molecule is C=C(C)C(=C)N(C)C(=O)OC. The van der Waals surface area contributed by atoms with Crippen molar-refractivity contribution in [3.63, 3.8) is 0 Å². The summed E-state index contributed by atoms with van der Waals surface area (Å²) in [5.41, 5.74) is 1.31. The molecule has 0 bridgehead atoms. The van der Waals surface area contributed by atoms with Gasteiger partial charge in [-0.15, -0.1) is 0 Å². The van der Waals surface area contributed by atoms with Gasteiger partial charge in [0.15, 0.2) is 0 Å². The molecule has 1 amide bonds. The quantitative estimate of drug-likeness (QED) is 0.569. The number of allylic oxidation sites excluding steroid dienone is 1. The van der Waals surface area contributed by atoms with Gasteiger partial charge >= 0.3 is 6.09 Å². The first kappa shape index (κ1) is 9.75. The molecule has 0 fully saturated rings. The Balaban J connectivity index is 4.25. The van der Waals surface area contributed by atoms with E-state index >= 15 is 0 Å². The van der Waals surface area contributed by atoms with Gasteiger partial charge in [0.25, 0.3) is 0 Å². The first-order valence-electron chi connectivity index (χ1n) is 3.17. The number of rotatable bonds is 2. The number of carbonyl (C=O) groups is 1. The Hall–Kier alpha value is -1.25. The van der Waals surface area contributed by atoms with Crippen molar-refractivity contribution in [1.82, 2.24) is 4.90 Å². The number of carbonyl (C=O) groups excluding carboxylic acids is 1. The molecule has 0 heterocycles. The lowest BCUT2D eigenvalue weighted by molar-refractivity contribution is 0.144. The fourth-order valence-corrected chi connectivity index (χ4v) is 0.533. The van der Waals surface area contributed by atoms with Crippen molar-refractivity contribution in [2.45, 2.75) is 6.92 Å². The third-order valence-electron chi connectivity index (χ3n) is 1.35. The van der Waals surface area contributed by atoms with Crippen molar-refractivity contribution in [3.8, 4) is 0 Å². The van der Waals surface area contributed by atoms with Crippen LogP contribution in [0.25, 0.3) is 0 Å². The molecule has 0 rings (SSSR count). The Bertz CT molecular complexity index is 196. The molecule has 62 valence electrons. The summed E-state index contributed by atoms with van der Waals surface area (Å²) in [6, 6.07) is 0. The highest BCUT2D eigenvalue weighted by atomic mass is 16.5. The second-order valence-electron chi connectivity index (χ2n) is 2.26. The predicted octanol–water partition coefficient (Wildman–Crippen LogP) is 1.77. The first-order chi connectivity index (χ1) is 5.00. The molecule has 0 spiro atoms. The van der Waals surface area contributed by atoms with Crippen LogP contribution < -0.4 is 0 Å². The number of hydrogen-bond donors (Lipinski definition) is 0. The Morgan fingerprint density at radius 1 is 1.45 bits per heavy atom. The van der Waals surface area contributed by atoms with Gasteiger partial charge in [-0.1, -0.05) is 13.2 Å². The van der Waals surface area contributed by atoms with Crippen molar-refractivity contribution in [2.75, 3.05) is 14.2 Å². The molecule has 0 saturated heterocycles. The smallest absolute Gasteiger partial charge is 0.413 e. The second kappa shape index (κ2) is 3.81. The van der Waals surface area contributed by atoms with E-state index in [0.29, 0.717) is 5.70 Å². The molecule has 3 heteroatoms. The molecule has 0 aromatic heterocycles. The van der Waals surface area contributed by atoms with Crippen LogP contribution in [0, 0.1) is 0 Å². The summed E-state index contributed by atoms with van der Waals surface area (Å²) in [5.74, 6) is 0. The zero-order valence-electron chi connectivity index (χ0n) is 7.18. The highest BCUT2D eigenvalue weighted by Crippen LogP contribution is 2.08. The van der Waals surface area contributed by atoms with E-state index in [4.69, 9.17) is 0 Å². The van der Waals surface area contributed by atoms with Gasteiger partial charge in [-0.2, -0.15) is 0 Å². The van der Waals surface area contributed by atoms with E-state index in [1.165, 1.54) is 12.0 Å². The molecule has 0 N–H and O–H groups in total. The van der Waals surface area contributed by atoms with E-state index in [1.54, 1.807) is 14.0 Å². The van der Waals surface area contributed by atoms with E-state index < -0.39 is 6.09 Å². The molecule has 0 atom stereocenters. The van der Waals surface area contributed by atoms with Crippen molar-refractivity contribution >= 4 is 6.09 Å². The monoisotopic (exact) mass is 155 g/mol. The minimum atomic E-state index is -0.432. The van der Waals surface area contributed by atoms with Gasteiger partial charge in [0.2, 0.25) is 0 Å². The molecule has 0 aliphatic rings. The summed E-state index contributed by atoms with van der Waals surface area (Å²) >= 11 is 0. The highest BCUT2D eigenvalue weighted by Gasteiger charge is 2.10. The van der Waals surface area contributed by atoms with Crippen LogP contribution in [0.5, 0.6) is 0 Å². The zero-order valence-corrected chi connectivity index (χ0v) is 7.18. The molecule has 0 aliphatic heterocycles. The fraction of sp³-hybridized carbons (Fsp3) is 0.375. The topological polar surface area (TPSA) is 29.5 Å². The number of methoxy groups -OCH3 is 1. The molecule has 3 nitrogen and oxygen atoms in total. The second-order valence-corrected chi connectivity index (χ2v) is 2.26. The maximum Gasteiger partial charge on any atom is 0.413 e. The summed E-state index contributed by atoms with van der Waals surface area (Å²) in [7, 11) is 2.91. The minimum absolute atomic E-state index is 0.432. The first-order valence-corrected chi connectivity index (χ1v) is 3.17. The van der Waals surface area contributed by atoms with E-state index in [9.17, 15) is 4.79 Å². The number of nitrogens with zero attached hydrogens (tertiary/aromatic N) is 1. The Morgan fingerprint density at radius 3 is 2.18 bits per heavy atom. The summed E-state index contributed by atoms with van der Waals surface area (Å²) in [5, 5.41) is 0. The van der Waals surface area contributed by atoms with Gasteiger partial charge in [-0.3, -0.25) is 4.90 Å². The van der Waals surface area contributed by atoms with E-state index in [-0.39, 0.29) is 0 Å². The molecular formula is C8H13NO2. The lowest BCUT2D eigenvalue weighted by atomic mass is 10.2. The van der Waals surface area contributed by atoms with Crippen LogP contribution in [0.1, 0.15) is 6.92 Å². The Kier molecular flexibility index (Phi) is 3.37. The lowest BCUT2D eigenvalue weighted by Crippen LogP contribution is -2.25. The van der Waals surface area contributed by atoms with Crippen LogP contribution in [-0.4, -0.2) is 25.2 Å². The molecule has 0 radical (unpaired) electrons. The summed E-state index contributed by atoms with van der Waals surface area (Å²) in [4.78, 5) is 12.2. The molecule has 0 aromatic carbocycles. The standard InChI is InChI=1S/C8H13NO2/c1-6(2)7(3)9(4)8(10)11-5/h1,3H2,2,4-5H3. The zero-order chi connectivity index (χ0) is 9.02. The Labute approximate surface area is 66.9 Å². The van der Waals surface area contributed by atoms with Crippen LogP contribution in [0.4, 0.5) is 4.79 Å². The lowest BCUT2D eigenvalue weighted by Gasteiger charge is -2.17. The largest absolute Gasteiger partial charge is 0.452 e. The van der Waals surface area contributed by atoms with Crippen molar-refractivity contribution in [3.05, 3.63) is 24.4 Å². The van der Waals surface area contributed by atoms with Crippen LogP contribution >= 0.6 is 0 Å². The van der Waals surface area contributed by atoms with Crippen LogP contribution in [0.2, 0.25) is 0 Å². The number of amides is 1. The fourth-order valence-electron chi connectivity index (χ4n) is 0.533. The van der Waals surface area contributed by atoms with Gasteiger partial charge < -0.3 is 4.74 Å². The number of hydrogen-bond acceptors (Lipinski definition) is 2. The van der Waals surface area contributed by atoms with Gasteiger partial charge in [-0.05, 0) is 12.5 Å². The third kappa shape index (κ3) is 2.45. The van der Waals surface area contributed by atoms with Crippen molar-refractivity contribution < 1.29 is 9.53 Å². The van der Waals surface area contributed by atoms with Gasteiger partial charge in [0.05, 0.1) is 7.11 Å². The van der Waals surface area contributed by atoms with Crippen LogP contribution in [-0.2, 0) is 4.74 Å². The summed E-state index contributed by atoms with van der Waals surface area (Å²) < 4.78 is 4.47. The predicted molar refractivity (Wildman–Crippen MR) is 44.1 cm³/mol. The number of likely N-dealkylation sites (N-methyl/N-ethyl adjacent to an activating group) is 1. The molecule has 0 aromatic rings. The van der Waals surface area contributed by atoms with E-state index in [1.807, 2.05) is 0 Å². The van der Waals surface area contributed by atoms with Crippen molar-refractivity contribution in [1.29, 1.82) is 0 Å². The van der Waals surface area contributed by atoms with Gasteiger partial charge in [0.1, 0.15) is 0 Å². The normalized spacial score (nSPS) is 8.64. The minimum Gasteiger partial charge on any atom is -0.452 e. The average Bonchev–Trinajstić information content (AvgIpc) is 2.00. The van der Waals surface area contributed by atoms with E-state index in [2.05, 4.69) is 17.9 Å². The molecule has 0 saturated carbocycles. The molecular weight excluding hydrogens is 142 g/mol. The third-order valence-corrected chi connectivity index (χ3v) is 1.35. The van der Waals surface area contributed by atoms with Gasteiger partial charge in [-0.25, -0.2) is 4.79 Å². The number of ether oxygens (including phenoxy) is 1. The average molecular weight is 155 g/mol. The summed E-state index contributed by atoms with van der Waals surface area (Å²) in [6.45, 7) is 9.07. The van der Waals surface area contributed by atoms with E-state index in [0.717, 1.165) is 5.57 Å². The van der Waals surface area contributed by atoms with Gasteiger partial charge in [0, 0.05) is 12.7 Å². The maximum atomic E-state index is 10.9. The molecule has 0 unspecified atom stereocenters. The molecule has 0 aliphatic carbocycles. The Morgan fingerprint density at radius 2 is 1.91 bits per heavy atom. The van der Waals surface area contributed by atoms with Crippen LogP contribution in [0.3, 0.4) is 0 Å². The van der Waals surface area contributed by atoms with Crippen molar-refractivity contribution in [2.24, 2.45) is 0 Å².